The van der Waals surface area contributed by atoms with Crippen molar-refractivity contribution in [2.45, 2.75) is 25.4 Å². The van der Waals surface area contributed by atoms with Gasteiger partial charge in [0, 0.05) is 37.7 Å². The van der Waals surface area contributed by atoms with Crippen LogP contribution in [0, 0.1) is 0 Å². The summed E-state index contributed by atoms with van der Waals surface area (Å²) in [6.45, 7) is 2.49. The van der Waals surface area contributed by atoms with Crippen LogP contribution in [0.15, 0.2) is 12.4 Å². The molecule has 0 aromatic carbocycles. The van der Waals surface area contributed by atoms with E-state index in [2.05, 4.69) is 5.10 Å². The minimum Gasteiger partial charge on any atom is -0.326 e. The van der Waals surface area contributed by atoms with Gasteiger partial charge in [-0.1, -0.05) is 6.92 Å². The lowest BCUT2D eigenvalue weighted by molar-refractivity contribution is 0.220. The smallest absolute Gasteiger partial charge is 0.148 e. The molecule has 0 radical (unpaired) electrons. The summed E-state index contributed by atoms with van der Waals surface area (Å²) in [6.07, 6.45) is 5.79. The normalized spacial score (nSPS) is 15.7. The second kappa shape index (κ2) is 6.49. The average Bonchev–Trinajstić information content (AvgIpc) is 2.72. The van der Waals surface area contributed by atoms with E-state index in [9.17, 15) is 8.42 Å². The Balaban J connectivity index is 2.85. The molecule has 0 aliphatic carbocycles. The molecule has 2 unspecified atom stereocenters. The zero-order chi connectivity index (χ0) is 14.6. The zero-order valence-electron chi connectivity index (χ0n) is 12.1. The Morgan fingerprint density at radius 3 is 2.58 bits per heavy atom. The van der Waals surface area contributed by atoms with Crippen LogP contribution < -0.4 is 5.73 Å². The third kappa shape index (κ3) is 4.93. The van der Waals surface area contributed by atoms with Gasteiger partial charge in [0.15, 0.2) is 0 Å². The standard InChI is InChI=1S/C12H24N4O2S/c1-5-11(13)12(10-8-14-16(3)9-10)15(2)6-7-19(4,17)18/h8-9,11-12H,5-7,13H2,1-4H3. The van der Waals surface area contributed by atoms with Crippen LogP contribution in [0.3, 0.4) is 0 Å². The van der Waals surface area contributed by atoms with E-state index >= 15 is 0 Å². The Bertz CT molecular complexity index is 498. The van der Waals surface area contributed by atoms with Gasteiger partial charge < -0.3 is 5.73 Å². The average molecular weight is 288 g/mol. The van der Waals surface area contributed by atoms with Crippen LogP contribution in [-0.2, 0) is 16.9 Å². The predicted molar refractivity (Wildman–Crippen MR) is 76.6 cm³/mol. The van der Waals surface area contributed by atoms with Gasteiger partial charge in [-0.2, -0.15) is 5.10 Å². The molecular weight excluding hydrogens is 264 g/mol. The molecule has 1 heterocycles. The fourth-order valence-corrected chi connectivity index (χ4v) is 2.71. The van der Waals surface area contributed by atoms with Crippen molar-refractivity contribution in [3.63, 3.8) is 0 Å². The van der Waals surface area contributed by atoms with Gasteiger partial charge in [0.25, 0.3) is 0 Å². The molecule has 0 saturated carbocycles. The summed E-state index contributed by atoms with van der Waals surface area (Å²) in [4.78, 5) is 1.99. The van der Waals surface area contributed by atoms with Crippen molar-refractivity contribution in [2.24, 2.45) is 12.8 Å². The molecule has 2 N–H and O–H groups in total. The quantitative estimate of drug-likeness (QED) is 0.774. The summed E-state index contributed by atoms with van der Waals surface area (Å²) in [6, 6.07) is -0.0609. The van der Waals surface area contributed by atoms with Crippen LogP contribution in [0.25, 0.3) is 0 Å². The molecule has 0 fully saturated rings. The lowest BCUT2D eigenvalue weighted by atomic mass is 10.00. The molecule has 0 saturated heterocycles. The van der Waals surface area contributed by atoms with Gasteiger partial charge in [-0.15, -0.1) is 0 Å². The van der Waals surface area contributed by atoms with E-state index in [4.69, 9.17) is 5.73 Å². The number of hydrogen-bond acceptors (Lipinski definition) is 5. The Hall–Kier alpha value is -0.920. The van der Waals surface area contributed by atoms with Crippen molar-refractivity contribution in [3.8, 4) is 0 Å². The van der Waals surface area contributed by atoms with E-state index in [1.807, 2.05) is 32.1 Å². The van der Waals surface area contributed by atoms with Crippen molar-refractivity contribution in [3.05, 3.63) is 18.0 Å². The summed E-state index contributed by atoms with van der Waals surface area (Å²) in [5.41, 5.74) is 7.19. The molecule has 7 heteroatoms. The number of aryl methyl sites for hydroxylation is 1. The fraction of sp³-hybridized carbons (Fsp3) is 0.750. The maximum absolute atomic E-state index is 11.3. The highest BCUT2D eigenvalue weighted by Gasteiger charge is 2.24. The molecule has 110 valence electrons. The number of likely N-dealkylation sites (N-methyl/N-ethyl adjacent to an activating group) is 1. The van der Waals surface area contributed by atoms with Gasteiger partial charge in [-0.3, -0.25) is 9.58 Å². The first kappa shape index (κ1) is 16.1. The van der Waals surface area contributed by atoms with E-state index in [1.165, 1.54) is 6.26 Å². The lowest BCUT2D eigenvalue weighted by Crippen LogP contribution is -2.40. The molecule has 0 amide bonds. The molecule has 0 bridgehead atoms. The van der Waals surface area contributed by atoms with Crippen LogP contribution in [-0.4, -0.2) is 54.7 Å². The van der Waals surface area contributed by atoms with E-state index < -0.39 is 9.84 Å². The Labute approximate surface area is 115 Å². The Kier molecular flexibility index (Phi) is 5.51. The molecule has 6 nitrogen and oxygen atoms in total. The van der Waals surface area contributed by atoms with Gasteiger partial charge >= 0.3 is 0 Å². The first-order valence-corrected chi connectivity index (χ1v) is 8.42. The maximum Gasteiger partial charge on any atom is 0.148 e. The third-order valence-corrected chi connectivity index (χ3v) is 4.16. The SMILES string of the molecule is CCC(N)C(c1cnn(C)c1)N(C)CCS(C)(=O)=O. The highest BCUT2D eigenvalue weighted by molar-refractivity contribution is 7.90. The van der Waals surface area contributed by atoms with Crippen molar-refractivity contribution >= 4 is 9.84 Å². The number of hydrogen-bond donors (Lipinski definition) is 1. The lowest BCUT2D eigenvalue weighted by Gasteiger charge is -2.31. The monoisotopic (exact) mass is 288 g/mol. The van der Waals surface area contributed by atoms with Gasteiger partial charge in [-0.25, -0.2) is 8.42 Å². The van der Waals surface area contributed by atoms with E-state index in [0.29, 0.717) is 6.54 Å². The number of nitrogens with zero attached hydrogens (tertiary/aromatic N) is 3. The van der Waals surface area contributed by atoms with Gasteiger partial charge in [0.1, 0.15) is 9.84 Å². The topological polar surface area (TPSA) is 81.2 Å². The van der Waals surface area contributed by atoms with Gasteiger partial charge in [0.2, 0.25) is 0 Å². The molecule has 0 aliphatic rings. The number of rotatable bonds is 7. The van der Waals surface area contributed by atoms with E-state index in [1.54, 1.807) is 10.9 Å². The highest BCUT2D eigenvalue weighted by Crippen LogP contribution is 2.23. The van der Waals surface area contributed by atoms with E-state index in [0.717, 1.165) is 12.0 Å². The molecular formula is C12H24N4O2S. The van der Waals surface area contributed by atoms with Gasteiger partial charge in [0.05, 0.1) is 18.0 Å². The highest BCUT2D eigenvalue weighted by atomic mass is 32.2. The summed E-state index contributed by atoms with van der Waals surface area (Å²) < 4.78 is 24.3. The first-order chi connectivity index (χ1) is 8.74. The zero-order valence-corrected chi connectivity index (χ0v) is 12.9. The molecule has 1 aromatic heterocycles. The summed E-state index contributed by atoms with van der Waals surface area (Å²) >= 11 is 0. The van der Waals surface area contributed by atoms with E-state index in [-0.39, 0.29) is 17.8 Å². The Morgan fingerprint density at radius 2 is 2.16 bits per heavy atom. The van der Waals surface area contributed by atoms with Crippen molar-refractivity contribution in [1.82, 2.24) is 14.7 Å². The minimum absolute atomic E-state index is 0.0135. The summed E-state index contributed by atoms with van der Waals surface area (Å²) in [5, 5.41) is 4.16. The molecule has 0 spiro atoms. The molecule has 19 heavy (non-hydrogen) atoms. The van der Waals surface area contributed by atoms with Crippen molar-refractivity contribution in [2.75, 3.05) is 25.6 Å². The fourth-order valence-electron chi connectivity index (χ4n) is 2.09. The molecule has 1 aromatic rings. The van der Waals surface area contributed by atoms with Crippen LogP contribution in [0.4, 0.5) is 0 Å². The second-order valence-electron chi connectivity index (χ2n) is 5.07. The number of aromatic nitrogens is 2. The predicted octanol–water partition coefficient (Wildman–Crippen LogP) is 0.175. The maximum atomic E-state index is 11.3. The summed E-state index contributed by atoms with van der Waals surface area (Å²) in [7, 11) is 0.791. The number of sulfone groups is 1. The molecule has 2 atom stereocenters. The minimum atomic E-state index is -2.97. The van der Waals surface area contributed by atoms with Crippen LogP contribution >= 0.6 is 0 Å². The van der Waals surface area contributed by atoms with Crippen LogP contribution in [0.2, 0.25) is 0 Å². The molecule has 1 rings (SSSR count). The Morgan fingerprint density at radius 1 is 1.53 bits per heavy atom. The van der Waals surface area contributed by atoms with Crippen LogP contribution in [0.5, 0.6) is 0 Å². The van der Waals surface area contributed by atoms with Crippen molar-refractivity contribution < 1.29 is 8.42 Å². The molecule has 0 aliphatic heterocycles. The largest absolute Gasteiger partial charge is 0.326 e. The summed E-state index contributed by atoms with van der Waals surface area (Å²) in [5.74, 6) is 0.136. The first-order valence-electron chi connectivity index (χ1n) is 6.36. The van der Waals surface area contributed by atoms with Crippen molar-refractivity contribution in [1.29, 1.82) is 0 Å². The second-order valence-corrected chi connectivity index (χ2v) is 7.33. The third-order valence-electron chi connectivity index (χ3n) is 3.23. The number of nitrogens with two attached hydrogens (primary N) is 1. The van der Waals surface area contributed by atoms with Crippen LogP contribution in [0.1, 0.15) is 24.9 Å². The van der Waals surface area contributed by atoms with Gasteiger partial charge in [-0.05, 0) is 13.5 Å².